The molecule has 0 saturated carbocycles. The molecule has 0 fully saturated rings. The van der Waals surface area contributed by atoms with Crippen LogP contribution in [0.1, 0.15) is 0 Å². The summed E-state index contributed by atoms with van der Waals surface area (Å²) >= 11 is 0. The quantitative estimate of drug-likeness (QED) is 0.278. The highest BCUT2D eigenvalue weighted by Gasteiger charge is 1.93. The van der Waals surface area contributed by atoms with Gasteiger partial charge in [0.1, 0.15) is 6.10 Å². The van der Waals surface area contributed by atoms with Gasteiger partial charge in [0.05, 0.1) is 13.2 Å². The van der Waals surface area contributed by atoms with Crippen LogP contribution in [0.3, 0.4) is 0 Å². The number of hydrogen-bond donors (Lipinski definition) is 5. The Labute approximate surface area is 64.4 Å². The lowest BCUT2D eigenvalue weighted by Crippen LogP contribution is -2.15. The molecule has 0 rings (SSSR count). The molecule has 0 bridgehead atoms. The van der Waals surface area contributed by atoms with Crippen molar-refractivity contribution in [1.82, 2.24) is 0 Å². The summed E-state index contributed by atoms with van der Waals surface area (Å²) in [6, 6.07) is 0. The first-order valence-electron chi connectivity index (χ1n) is 2.36. The third kappa shape index (κ3) is 44.0. The fourth-order valence-corrected chi connectivity index (χ4v) is 0.0577. The molecule has 0 radical (unpaired) electrons. The summed E-state index contributed by atoms with van der Waals surface area (Å²) in [6.07, 6.45) is -0.954. The van der Waals surface area contributed by atoms with E-state index >= 15 is 0 Å². The minimum Gasteiger partial charge on any atom is -0.511 e. The van der Waals surface area contributed by atoms with Crippen LogP contribution in [0.2, 0.25) is 0 Å². The molecule has 0 aromatic heterocycles. The van der Waals surface area contributed by atoms with E-state index in [1.54, 1.807) is 0 Å². The van der Waals surface area contributed by atoms with Crippen LogP contribution >= 0.6 is 0 Å². The Morgan fingerprint density at radius 2 is 1.36 bits per heavy atom. The minimum atomic E-state index is -3.13. The van der Waals surface area contributed by atoms with Crippen molar-refractivity contribution in [2.24, 2.45) is 0 Å². The SMILES string of the molecule is O.O=[Si](O)O.OCC(O)CO. The summed E-state index contributed by atoms with van der Waals surface area (Å²) < 4.78 is 8.74. The average molecular weight is 188 g/mol. The Morgan fingerprint density at radius 1 is 1.18 bits per heavy atom. The van der Waals surface area contributed by atoms with Crippen LogP contribution < -0.4 is 0 Å². The van der Waals surface area contributed by atoms with E-state index in [0.29, 0.717) is 0 Å². The van der Waals surface area contributed by atoms with Crippen LogP contribution in [0.15, 0.2) is 0 Å². The van der Waals surface area contributed by atoms with Crippen LogP contribution in [0.5, 0.6) is 0 Å². The van der Waals surface area contributed by atoms with E-state index in [-0.39, 0.29) is 18.7 Å². The molecule has 0 spiro atoms. The normalized spacial score (nSPS) is 7.64. The Balaban J connectivity index is -0.000000114. The third-order valence-corrected chi connectivity index (χ3v) is 0.421. The first kappa shape index (κ1) is 16.8. The average Bonchev–Trinajstić information content (AvgIpc) is 1.85. The number of hydrogen-bond acceptors (Lipinski definition) is 4. The van der Waals surface area contributed by atoms with Crippen molar-refractivity contribution < 1.29 is 34.8 Å². The van der Waals surface area contributed by atoms with Gasteiger partial charge in [0, 0.05) is 0 Å². The molecule has 0 saturated heterocycles. The second-order valence-corrected chi connectivity index (χ2v) is 1.87. The molecule has 0 aromatic carbocycles. The summed E-state index contributed by atoms with van der Waals surface area (Å²) in [5.41, 5.74) is 0. The first-order valence-corrected chi connectivity index (χ1v) is 3.66. The van der Waals surface area contributed by atoms with Crippen LogP contribution in [-0.4, -0.2) is 58.9 Å². The molecule has 0 aliphatic rings. The molecule has 0 aromatic rings. The van der Waals surface area contributed by atoms with Gasteiger partial charge in [-0.25, -0.2) is 0 Å². The maximum Gasteiger partial charge on any atom is 0.761 e. The smallest absolute Gasteiger partial charge is 0.511 e. The Bertz CT molecular complexity index is 77.8. The molecule has 11 heavy (non-hydrogen) atoms. The summed E-state index contributed by atoms with van der Waals surface area (Å²) in [6.45, 7) is -0.729. The van der Waals surface area contributed by atoms with E-state index in [1.165, 1.54) is 0 Å². The van der Waals surface area contributed by atoms with Gasteiger partial charge in [0.25, 0.3) is 0 Å². The highest BCUT2D eigenvalue weighted by molar-refractivity contribution is 6.22. The van der Waals surface area contributed by atoms with Crippen LogP contribution in [0.25, 0.3) is 0 Å². The second-order valence-electron chi connectivity index (χ2n) is 1.30. The van der Waals surface area contributed by atoms with E-state index < -0.39 is 15.3 Å². The molecule has 7 nitrogen and oxygen atoms in total. The van der Waals surface area contributed by atoms with Gasteiger partial charge in [0.2, 0.25) is 0 Å². The topological polar surface area (TPSA) is 150 Å². The van der Waals surface area contributed by atoms with Gasteiger partial charge in [-0.1, -0.05) is 0 Å². The Morgan fingerprint density at radius 3 is 1.36 bits per heavy atom. The van der Waals surface area contributed by atoms with Gasteiger partial charge in [-0.3, -0.25) is 4.46 Å². The summed E-state index contributed by atoms with van der Waals surface area (Å²) in [5, 5.41) is 24.0. The molecular formula is C3H12O7Si. The largest absolute Gasteiger partial charge is 0.761 e. The molecule has 8 heteroatoms. The first-order chi connectivity index (χ1) is 4.54. The minimum absolute atomic E-state index is 0. The fraction of sp³-hybridized carbons (Fsp3) is 1.00. The monoisotopic (exact) mass is 188 g/mol. The molecule has 0 heterocycles. The van der Waals surface area contributed by atoms with Crippen molar-refractivity contribution >= 4 is 9.17 Å². The molecule has 0 aliphatic carbocycles. The van der Waals surface area contributed by atoms with E-state index in [2.05, 4.69) is 0 Å². The van der Waals surface area contributed by atoms with Crippen LogP contribution in [0, 0.1) is 0 Å². The number of aliphatic hydroxyl groups excluding tert-OH is 3. The van der Waals surface area contributed by atoms with Crippen molar-refractivity contribution in [3.05, 3.63) is 0 Å². The molecule has 70 valence electrons. The Hall–Kier alpha value is -0.543. The van der Waals surface area contributed by atoms with Gasteiger partial charge in [-0.15, -0.1) is 0 Å². The molecule has 0 amide bonds. The van der Waals surface area contributed by atoms with E-state index in [4.69, 9.17) is 29.4 Å². The summed E-state index contributed by atoms with van der Waals surface area (Å²) in [7, 11) is -3.13. The second kappa shape index (κ2) is 12.2. The van der Waals surface area contributed by atoms with Crippen LogP contribution in [0.4, 0.5) is 0 Å². The maximum absolute atomic E-state index is 8.74. The predicted octanol–water partition coefficient (Wildman–Crippen LogP) is -4.11. The zero-order valence-corrected chi connectivity index (χ0v) is 6.64. The number of aliphatic hydroxyl groups is 3. The third-order valence-electron chi connectivity index (χ3n) is 0.421. The van der Waals surface area contributed by atoms with Gasteiger partial charge >= 0.3 is 9.17 Å². The lowest BCUT2D eigenvalue weighted by Gasteiger charge is -1.96. The summed E-state index contributed by atoms with van der Waals surface area (Å²) in [4.78, 5) is 14.3. The van der Waals surface area contributed by atoms with Gasteiger partial charge in [-0.05, 0) is 0 Å². The number of rotatable bonds is 2. The zero-order chi connectivity index (χ0) is 8.57. The van der Waals surface area contributed by atoms with Gasteiger partial charge < -0.3 is 30.4 Å². The van der Waals surface area contributed by atoms with Crippen LogP contribution in [-0.2, 0) is 4.46 Å². The van der Waals surface area contributed by atoms with E-state index in [1.807, 2.05) is 0 Å². The molecular weight excluding hydrogens is 176 g/mol. The summed E-state index contributed by atoms with van der Waals surface area (Å²) in [5.74, 6) is 0. The van der Waals surface area contributed by atoms with Crippen molar-refractivity contribution in [2.45, 2.75) is 6.10 Å². The Kier molecular flexibility index (Phi) is 18.6. The molecule has 7 N–H and O–H groups in total. The highest BCUT2D eigenvalue weighted by Crippen LogP contribution is 1.71. The predicted molar refractivity (Wildman–Crippen MR) is 34.7 cm³/mol. The van der Waals surface area contributed by atoms with Gasteiger partial charge in [0.15, 0.2) is 0 Å². The maximum atomic E-state index is 8.74. The van der Waals surface area contributed by atoms with Crippen molar-refractivity contribution in [3.8, 4) is 0 Å². The lowest BCUT2D eigenvalue weighted by atomic mass is 10.4. The fourth-order valence-electron chi connectivity index (χ4n) is 0.0577. The van der Waals surface area contributed by atoms with Gasteiger partial charge in [-0.2, -0.15) is 0 Å². The van der Waals surface area contributed by atoms with E-state index in [9.17, 15) is 0 Å². The van der Waals surface area contributed by atoms with Crippen molar-refractivity contribution in [3.63, 3.8) is 0 Å². The zero-order valence-electron chi connectivity index (χ0n) is 5.64. The highest BCUT2D eigenvalue weighted by atomic mass is 28.3. The van der Waals surface area contributed by atoms with E-state index in [0.717, 1.165) is 0 Å². The standard InChI is InChI=1S/C3H8O3.H2O3Si.H2O/c4-1-3(6)2-5;1-4(2)3;/h3-6H,1-2H2;1-2H;1H2. The molecule has 0 unspecified atom stereocenters. The lowest BCUT2D eigenvalue weighted by molar-refractivity contribution is 0.0450. The molecule has 0 aliphatic heterocycles. The van der Waals surface area contributed by atoms with Crippen molar-refractivity contribution in [2.75, 3.05) is 13.2 Å². The molecule has 0 atom stereocenters. The van der Waals surface area contributed by atoms with Crippen molar-refractivity contribution in [1.29, 1.82) is 0 Å².